The fourth-order valence-corrected chi connectivity index (χ4v) is 1.51. The van der Waals surface area contributed by atoms with Crippen LogP contribution in [0.2, 0.25) is 0 Å². The lowest BCUT2D eigenvalue weighted by atomic mass is 10.2. The summed E-state index contributed by atoms with van der Waals surface area (Å²) in [6.07, 6.45) is 0.135. The van der Waals surface area contributed by atoms with Gasteiger partial charge in [-0.05, 0) is 31.2 Å². The molecule has 0 unspecified atom stereocenters. The Morgan fingerprint density at radius 3 is 2.05 bits per heavy atom. The summed E-state index contributed by atoms with van der Waals surface area (Å²) < 4.78 is 4.74. The van der Waals surface area contributed by atoms with Gasteiger partial charge in [0, 0.05) is 24.7 Å². The number of amides is 2. The van der Waals surface area contributed by atoms with Gasteiger partial charge < -0.3 is 15.4 Å². The molecule has 0 spiro atoms. The van der Waals surface area contributed by atoms with Gasteiger partial charge in [0.05, 0.1) is 13.0 Å². The van der Waals surface area contributed by atoms with Crippen LogP contribution in [0.15, 0.2) is 24.3 Å². The number of anilines is 2. The van der Waals surface area contributed by atoms with Crippen molar-refractivity contribution in [1.82, 2.24) is 0 Å². The zero-order chi connectivity index (χ0) is 15.0. The molecule has 0 bridgehead atoms. The first-order valence-corrected chi connectivity index (χ1v) is 6.34. The van der Waals surface area contributed by atoms with Crippen molar-refractivity contribution in [3.05, 3.63) is 24.3 Å². The lowest BCUT2D eigenvalue weighted by molar-refractivity contribution is -0.144. The van der Waals surface area contributed by atoms with Gasteiger partial charge in [0.2, 0.25) is 11.8 Å². The predicted molar refractivity (Wildman–Crippen MR) is 75.2 cm³/mol. The summed E-state index contributed by atoms with van der Waals surface area (Å²) in [6, 6.07) is 6.71. The van der Waals surface area contributed by atoms with E-state index in [9.17, 15) is 14.4 Å². The normalized spacial score (nSPS) is 9.70. The van der Waals surface area contributed by atoms with E-state index in [0.29, 0.717) is 18.0 Å². The molecule has 0 saturated carbocycles. The highest BCUT2D eigenvalue weighted by atomic mass is 16.5. The predicted octanol–water partition coefficient (Wildman–Crippen LogP) is 1.93. The smallest absolute Gasteiger partial charge is 0.306 e. The topological polar surface area (TPSA) is 84.5 Å². The average molecular weight is 278 g/mol. The van der Waals surface area contributed by atoms with E-state index in [1.165, 1.54) is 6.92 Å². The largest absolute Gasteiger partial charge is 0.466 e. The van der Waals surface area contributed by atoms with Crippen LogP contribution in [-0.2, 0) is 19.1 Å². The summed E-state index contributed by atoms with van der Waals surface area (Å²) in [5.41, 5.74) is 1.26. The number of hydrogen-bond donors (Lipinski definition) is 2. The second-order valence-electron chi connectivity index (χ2n) is 4.11. The number of ether oxygens (including phenoxy) is 1. The fraction of sp³-hybridized carbons (Fsp3) is 0.357. The zero-order valence-electron chi connectivity index (χ0n) is 11.6. The molecule has 1 aromatic rings. The molecule has 0 aliphatic heterocycles. The Balaban J connectivity index is 2.42. The van der Waals surface area contributed by atoms with Crippen molar-refractivity contribution >= 4 is 29.2 Å². The molecule has 1 aromatic carbocycles. The Hall–Kier alpha value is -2.37. The Labute approximate surface area is 117 Å². The van der Waals surface area contributed by atoms with Crippen LogP contribution in [0.5, 0.6) is 0 Å². The van der Waals surface area contributed by atoms with E-state index in [0.717, 1.165) is 0 Å². The molecular formula is C14H18N2O4. The SMILES string of the molecule is CCOC(=O)CCC(=O)Nc1ccc(NC(C)=O)cc1. The van der Waals surface area contributed by atoms with Crippen LogP contribution in [0.3, 0.4) is 0 Å². The summed E-state index contributed by atoms with van der Waals surface area (Å²) in [6.45, 7) is 3.45. The first-order valence-electron chi connectivity index (χ1n) is 6.34. The molecule has 6 nitrogen and oxygen atoms in total. The molecule has 0 saturated heterocycles. The fourth-order valence-electron chi connectivity index (χ4n) is 1.51. The summed E-state index contributed by atoms with van der Waals surface area (Å²) in [5, 5.41) is 5.29. The molecule has 108 valence electrons. The number of rotatable bonds is 6. The van der Waals surface area contributed by atoms with Gasteiger partial charge in [-0.2, -0.15) is 0 Å². The van der Waals surface area contributed by atoms with Gasteiger partial charge in [-0.25, -0.2) is 0 Å². The minimum absolute atomic E-state index is 0.0592. The number of esters is 1. The van der Waals surface area contributed by atoms with Crippen molar-refractivity contribution in [1.29, 1.82) is 0 Å². The summed E-state index contributed by atoms with van der Waals surface area (Å²) >= 11 is 0. The first-order chi connectivity index (χ1) is 9.51. The maximum atomic E-state index is 11.6. The molecule has 0 heterocycles. The molecule has 2 N–H and O–H groups in total. The van der Waals surface area contributed by atoms with Crippen LogP contribution in [0, 0.1) is 0 Å². The third-order valence-corrected chi connectivity index (χ3v) is 2.35. The van der Waals surface area contributed by atoms with E-state index < -0.39 is 0 Å². The second kappa shape index (κ2) is 7.93. The van der Waals surface area contributed by atoms with Gasteiger partial charge in [-0.3, -0.25) is 14.4 Å². The van der Waals surface area contributed by atoms with Crippen LogP contribution in [0.4, 0.5) is 11.4 Å². The highest BCUT2D eigenvalue weighted by molar-refractivity contribution is 5.93. The number of nitrogens with one attached hydrogen (secondary N) is 2. The molecule has 0 aliphatic carbocycles. The molecule has 2 amide bonds. The van der Waals surface area contributed by atoms with Crippen LogP contribution < -0.4 is 10.6 Å². The van der Waals surface area contributed by atoms with Crippen LogP contribution in [0.25, 0.3) is 0 Å². The molecule has 20 heavy (non-hydrogen) atoms. The monoisotopic (exact) mass is 278 g/mol. The number of carbonyl (C=O) groups excluding carboxylic acids is 3. The number of benzene rings is 1. The quantitative estimate of drug-likeness (QED) is 0.779. The van der Waals surface area contributed by atoms with Crippen molar-refractivity contribution in [2.75, 3.05) is 17.2 Å². The molecule has 0 aliphatic rings. The minimum Gasteiger partial charge on any atom is -0.466 e. The van der Waals surface area contributed by atoms with E-state index in [4.69, 9.17) is 4.74 Å². The highest BCUT2D eigenvalue weighted by Gasteiger charge is 2.07. The third kappa shape index (κ3) is 5.99. The standard InChI is InChI=1S/C14H18N2O4/c1-3-20-14(19)9-8-13(18)16-12-6-4-11(5-7-12)15-10(2)17/h4-7H,3,8-9H2,1-2H3,(H,15,17)(H,16,18). The Kier molecular flexibility index (Phi) is 6.22. The summed E-state index contributed by atoms with van der Waals surface area (Å²) in [5.74, 6) is -0.801. The van der Waals surface area contributed by atoms with E-state index in [2.05, 4.69) is 10.6 Å². The molecule has 0 aromatic heterocycles. The van der Waals surface area contributed by atoms with Gasteiger partial charge in [0.1, 0.15) is 0 Å². The molecular weight excluding hydrogens is 260 g/mol. The van der Waals surface area contributed by atoms with Gasteiger partial charge in [-0.1, -0.05) is 0 Å². The summed E-state index contributed by atoms with van der Waals surface area (Å²) in [4.78, 5) is 33.6. The Morgan fingerprint density at radius 2 is 1.55 bits per heavy atom. The van der Waals surface area contributed by atoms with Crippen LogP contribution in [-0.4, -0.2) is 24.4 Å². The van der Waals surface area contributed by atoms with Crippen molar-refractivity contribution in [2.24, 2.45) is 0 Å². The van der Waals surface area contributed by atoms with E-state index in [1.807, 2.05) is 0 Å². The Bertz CT molecular complexity index is 482. The molecule has 0 radical (unpaired) electrons. The molecule has 6 heteroatoms. The maximum absolute atomic E-state index is 11.6. The van der Waals surface area contributed by atoms with Gasteiger partial charge in [0.25, 0.3) is 0 Å². The lowest BCUT2D eigenvalue weighted by Gasteiger charge is -2.07. The molecule has 0 fully saturated rings. The zero-order valence-corrected chi connectivity index (χ0v) is 11.6. The maximum Gasteiger partial charge on any atom is 0.306 e. The average Bonchev–Trinajstić information content (AvgIpc) is 2.38. The third-order valence-electron chi connectivity index (χ3n) is 2.35. The highest BCUT2D eigenvalue weighted by Crippen LogP contribution is 2.13. The van der Waals surface area contributed by atoms with E-state index in [-0.39, 0.29) is 30.6 Å². The van der Waals surface area contributed by atoms with Crippen molar-refractivity contribution < 1.29 is 19.1 Å². The summed E-state index contributed by atoms with van der Waals surface area (Å²) in [7, 11) is 0. The minimum atomic E-state index is -0.386. The number of hydrogen-bond acceptors (Lipinski definition) is 4. The van der Waals surface area contributed by atoms with Gasteiger partial charge in [-0.15, -0.1) is 0 Å². The van der Waals surface area contributed by atoms with E-state index >= 15 is 0 Å². The Morgan fingerprint density at radius 1 is 1.00 bits per heavy atom. The van der Waals surface area contributed by atoms with Crippen molar-refractivity contribution in [3.8, 4) is 0 Å². The molecule has 0 atom stereocenters. The van der Waals surface area contributed by atoms with Gasteiger partial charge >= 0.3 is 5.97 Å². The van der Waals surface area contributed by atoms with Crippen LogP contribution in [0.1, 0.15) is 26.7 Å². The van der Waals surface area contributed by atoms with Gasteiger partial charge in [0.15, 0.2) is 0 Å². The van der Waals surface area contributed by atoms with Crippen molar-refractivity contribution in [2.45, 2.75) is 26.7 Å². The van der Waals surface area contributed by atoms with Crippen LogP contribution >= 0.6 is 0 Å². The van der Waals surface area contributed by atoms with Crippen molar-refractivity contribution in [3.63, 3.8) is 0 Å². The molecule has 1 rings (SSSR count). The number of carbonyl (C=O) groups is 3. The first kappa shape index (κ1) is 15.7. The second-order valence-corrected chi connectivity index (χ2v) is 4.11. The lowest BCUT2D eigenvalue weighted by Crippen LogP contribution is -2.14. The van der Waals surface area contributed by atoms with E-state index in [1.54, 1.807) is 31.2 Å².